The van der Waals surface area contributed by atoms with Gasteiger partial charge in [0.25, 0.3) is 0 Å². The summed E-state index contributed by atoms with van der Waals surface area (Å²) in [7, 11) is 0. The van der Waals surface area contributed by atoms with Crippen molar-refractivity contribution < 1.29 is 0 Å². The van der Waals surface area contributed by atoms with Crippen molar-refractivity contribution in [2.75, 3.05) is 5.73 Å². The molecule has 4 heteroatoms. The first kappa shape index (κ1) is 11.3. The van der Waals surface area contributed by atoms with Gasteiger partial charge < -0.3 is 10.3 Å². The minimum atomic E-state index is 0.528. The Bertz CT molecular complexity index is 561. The number of fused-ring (bicyclic) bond motifs is 1. The number of nitrogen functional groups attached to an aromatic ring is 1. The number of hydrogen-bond donors (Lipinski definition) is 1. The first-order chi connectivity index (χ1) is 8.16. The van der Waals surface area contributed by atoms with Crippen molar-refractivity contribution in [3.8, 4) is 0 Å². The Morgan fingerprint density at radius 1 is 1.41 bits per heavy atom. The molecule has 3 nitrogen and oxygen atoms in total. The van der Waals surface area contributed by atoms with E-state index in [1.165, 1.54) is 28.3 Å². The average Bonchev–Trinajstić information content (AvgIpc) is 2.80. The number of nitrogens with two attached hydrogens (primary N) is 1. The normalized spacial score (nSPS) is 24.6. The molecule has 1 heterocycles. The first-order valence-corrected chi connectivity index (χ1v) is 7.17. The van der Waals surface area contributed by atoms with Gasteiger partial charge in [-0.25, -0.2) is 4.98 Å². The molecule has 90 valence electrons. The Morgan fingerprint density at radius 3 is 2.94 bits per heavy atom. The van der Waals surface area contributed by atoms with Gasteiger partial charge in [-0.2, -0.15) is 0 Å². The van der Waals surface area contributed by atoms with E-state index in [2.05, 4.69) is 57.3 Å². The molecule has 3 rings (SSSR count). The van der Waals surface area contributed by atoms with Gasteiger partial charge in [0.2, 0.25) is 5.95 Å². The fraction of sp³-hybridized carbons (Fsp3) is 0.462. The summed E-state index contributed by atoms with van der Waals surface area (Å²) in [5, 5.41) is 0. The van der Waals surface area contributed by atoms with Crippen molar-refractivity contribution in [2.24, 2.45) is 5.92 Å². The second kappa shape index (κ2) is 4.15. The molecule has 0 spiro atoms. The second-order valence-corrected chi connectivity index (χ2v) is 6.19. The highest BCUT2D eigenvalue weighted by molar-refractivity contribution is 14.1. The van der Waals surface area contributed by atoms with E-state index in [1.54, 1.807) is 0 Å². The molecule has 2 N–H and O–H groups in total. The molecule has 0 amide bonds. The van der Waals surface area contributed by atoms with Crippen LogP contribution in [-0.2, 0) is 0 Å². The summed E-state index contributed by atoms with van der Waals surface area (Å²) >= 11 is 2.31. The van der Waals surface area contributed by atoms with Crippen LogP contribution in [0.5, 0.6) is 0 Å². The lowest BCUT2D eigenvalue weighted by atomic mass is 10.1. The van der Waals surface area contributed by atoms with Crippen LogP contribution in [0, 0.1) is 9.49 Å². The zero-order chi connectivity index (χ0) is 12.0. The van der Waals surface area contributed by atoms with Crippen molar-refractivity contribution >= 4 is 39.6 Å². The molecule has 1 aromatic carbocycles. The SMILES string of the molecule is CC1CCCC1n1c(N)nc2cc(I)ccc21. The van der Waals surface area contributed by atoms with Gasteiger partial charge in [0, 0.05) is 9.61 Å². The maximum Gasteiger partial charge on any atom is 0.201 e. The molecule has 1 aliphatic carbocycles. The standard InChI is InChI=1S/C13H16IN3/c1-8-3-2-4-11(8)17-12-6-5-9(14)7-10(12)16-13(17)15/h5-8,11H,2-4H2,1H3,(H2,15,16). The quantitative estimate of drug-likeness (QED) is 0.806. The van der Waals surface area contributed by atoms with E-state index in [9.17, 15) is 0 Å². The minimum Gasteiger partial charge on any atom is -0.369 e. The van der Waals surface area contributed by atoms with E-state index >= 15 is 0 Å². The van der Waals surface area contributed by atoms with Gasteiger partial charge in [0.1, 0.15) is 0 Å². The van der Waals surface area contributed by atoms with Gasteiger partial charge in [0.05, 0.1) is 11.0 Å². The number of nitrogens with zero attached hydrogens (tertiary/aromatic N) is 2. The van der Waals surface area contributed by atoms with E-state index in [0.717, 1.165) is 5.52 Å². The Morgan fingerprint density at radius 2 is 2.24 bits per heavy atom. The summed E-state index contributed by atoms with van der Waals surface area (Å²) in [6.45, 7) is 2.32. The molecule has 1 fully saturated rings. The van der Waals surface area contributed by atoms with Crippen LogP contribution in [0.2, 0.25) is 0 Å². The van der Waals surface area contributed by atoms with Crippen molar-refractivity contribution in [2.45, 2.75) is 32.2 Å². The molecule has 1 aromatic heterocycles. The van der Waals surface area contributed by atoms with Crippen LogP contribution in [0.25, 0.3) is 11.0 Å². The summed E-state index contributed by atoms with van der Waals surface area (Å²) in [5.41, 5.74) is 8.30. The number of imidazole rings is 1. The Balaban J connectivity index is 2.18. The topological polar surface area (TPSA) is 43.8 Å². The molecular weight excluding hydrogens is 325 g/mol. The van der Waals surface area contributed by atoms with Gasteiger partial charge in [-0.3, -0.25) is 0 Å². The highest BCUT2D eigenvalue weighted by Crippen LogP contribution is 2.38. The molecule has 0 saturated heterocycles. The van der Waals surface area contributed by atoms with E-state index in [-0.39, 0.29) is 0 Å². The lowest BCUT2D eigenvalue weighted by Gasteiger charge is -2.19. The summed E-state index contributed by atoms with van der Waals surface area (Å²) in [4.78, 5) is 4.49. The van der Waals surface area contributed by atoms with E-state index in [1.807, 2.05) is 0 Å². The molecule has 2 unspecified atom stereocenters. The van der Waals surface area contributed by atoms with Crippen molar-refractivity contribution in [1.29, 1.82) is 0 Å². The van der Waals surface area contributed by atoms with Crippen LogP contribution in [0.1, 0.15) is 32.2 Å². The van der Waals surface area contributed by atoms with Crippen molar-refractivity contribution in [3.63, 3.8) is 0 Å². The van der Waals surface area contributed by atoms with Gasteiger partial charge in [-0.15, -0.1) is 0 Å². The Hall–Kier alpha value is -0.780. The molecule has 2 aromatic rings. The lowest BCUT2D eigenvalue weighted by Crippen LogP contribution is -2.14. The third-order valence-electron chi connectivity index (χ3n) is 3.83. The highest BCUT2D eigenvalue weighted by atomic mass is 127. The summed E-state index contributed by atoms with van der Waals surface area (Å²) in [5.74, 6) is 1.37. The first-order valence-electron chi connectivity index (χ1n) is 6.10. The molecule has 0 radical (unpaired) electrons. The largest absolute Gasteiger partial charge is 0.369 e. The minimum absolute atomic E-state index is 0.528. The van der Waals surface area contributed by atoms with Crippen LogP contribution in [0.3, 0.4) is 0 Å². The summed E-state index contributed by atoms with van der Waals surface area (Å²) in [6.07, 6.45) is 3.83. The number of hydrogen-bond acceptors (Lipinski definition) is 2. The van der Waals surface area contributed by atoms with Crippen LogP contribution < -0.4 is 5.73 Å². The Labute approximate surface area is 115 Å². The fourth-order valence-electron chi connectivity index (χ4n) is 2.95. The number of rotatable bonds is 1. The predicted molar refractivity (Wildman–Crippen MR) is 78.9 cm³/mol. The van der Waals surface area contributed by atoms with Gasteiger partial charge in [-0.05, 0) is 59.5 Å². The molecular formula is C13H16IN3. The monoisotopic (exact) mass is 341 g/mol. The number of halogens is 1. The van der Waals surface area contributed by atoms with E-state index in [0.29, 0.717) is 17.9 Å². The maximum absolute atomic E-state index is 6.09. The van der Waals surface area contributed by atoms with Gasteiger partial charge >= 0.3 is 0 Å². The second-order valence-electron chi connectivity index (χ2n) is 4.95. The van der Waals surface area contributed by atoms with Crippen LogP contribution in [0.15, 0.2) is 18.2 Å². The average molecular weight is 341 g/mol. The van der Waals surface area contributed by atoms with Crippen LogP contribution in [0.4, 0.5) is 5.95 Å². The molecule has 1 aliphatic rings. The number of anilines is 1. The van der Waals surface area contributed by atoms with Gasteiger partial charge in [0.15, 0.2) is 0 Å². The van der Waals surface area contributed by atoms with Crippen molar-refractivity contribution in [1.82, 2.24) is 9.55 Å². The smallest absolute Gasteiger partial charge is 0.201 e. The third kappa shape index (κ3) is 1.82. The molecule has 1 saturated carbocycles. The van der Waals surface area contributed by atoms with Gasteiger partial charge in [-0.1, -0.05) is 13.3 Å². The predicted octanol–water partition coefficient (Wildman–Crippen LogP) is 3.58. The summed E-state index contributed by atoms with van der Waals surface area (Å²) < 4.78 is 3.45. The Kier molecular flexibility index (Phi) is 2.77. The molecule has 0 aliphatic heterocycles. The zero-order valence-corrected chi connectivity index (χ0v) is 12.0. The van der Waals surface area contributed by atoms with Crippen molar-refractivity contribution in [3.05, 3.63) is 21.8 Å². The van der Waals surface area contributed by atoms with Crippen LogP contribution in [-0.4, -0.2) is 9.55 Å². The maximum atomic E-state index is 6.09. The van der Waals surface area contributed by atoms with Crippen LogP contribution >= 0.6 is 22.6 Å². The molecule has 17 heavy (non-hydrogen) atoms. The molecule has 2 atom stereocenters. The fourth-order valence-corrected chi connectivity index (χ4v) is 3.42. The van der Waals surface area contributed by atoms with E-state index < -0.39 is 0 Å². The zero-order valence-electron chi connectivity index (χ0n) is 9.86. The highest BCUT2D eigenvalue weighted by Gasteiger charge is 2.27. The van der Waals surface area contributed by atoms with E-state index in [4.69, 9.17) is 5.73 Å². The summed E-state index contributed by atoms with van der Waals surface area (Å²) in [6, 6.07) is 6.90. The number of aromatic nitrogens is 2. The third-order valence-corrected chi connectivity index (χ3v) is 4.50. The number of benzene rings is 1. The molecule has 0 bridgehead atoms. The lowest BCUT2D eigenvalue weighted by molar-refractivity contribution is 0.421.